The zero-order valence-corrected chi connectivity index (χ0v) is 20.0. The van der Waals surface area contributed by atoms with Crippen LogP contribution in [0.25, 0.3) is 0 Å². The van der Waals surface area contributed by atoms with Gasteiger partial charge in [-0.25, -0.2) is 0 Å². The topological polar surface area (TPSA) is 197 Å². The summed E-state index contributed by atoms with van der Waals surface area (Å²) in [5, 5.41) is 44.4. The third-order valence-corrected chi connectivity index (χ3v) is 5.30. The van der Waals surface area contributed by atoms with Gasteiger partial charge in [-0.2, -0.15) is 0 Å². The van der Waals surface area contributed by atoms with E-state index in [1.54, 1.807) is 0 Å². The van der Waals surface area contributed by atoms with Crippen LogP contribution in [0, 0.1) is 40.5 Å². The molecule has 0 bridgehead atoms. The smallest absolute Gasteiger partial charge is 0.284 e. The second-order valence-corrected chi connectivity index (χ2v) is 9.16. The molecule has 0 fully saturated rings. The maximum Gasteiger partial charge on any atom is 0.284 e. The average molecular weight is 500 g/mol. The van der Waals surface area contributed by atoms with Gasteiger partial charge in [-0.3, -0.25) is 50.4 Å². The van der Waals surface area contributed by atoms with E-state index >= 15 is 0 Å². The number of benzene rings is 2. The lowest BCUT2D eigenvalue weighted by molar-refractivity contribution is -0.394. The fourth-order valence-electron chi connectivity index (χ4n) is 3.06. The first kappa shape index (κ1) is 27.6. The monoisotopic (exact) mass is 500 g/mol. The largest absolute Gasteiger partial charge is 0.286 e. The van der Waals surface area contributed by atoms with Gasteiger partial charge in [0.05, 0.1) is 54.0 Å². The summed E-state index contributed by atoms with van der Waals surface area (Å²) in [5.74, 6) is 0. The summed E-state index contributed by atoms with van der Waals surface area (Å²) >= 11 is 0. The van der Waals surface area contributed by atoms with Crippen LogP contribution in [0.15, 0.2) is 46.4 Å². The van der Waals surface area contributed by atoms with Crippen LogP contribution in [0.1, 0.15) is 51.7 Å². The van der Waals surface area contributed by atoms with Gasteiger partial charge in [0, 0.05) is 24.6 Å². The first-order valence-electron chi connectivity index (χ1n) is 10.6. The van der Waals surface area contributed by atoms with Crippen LogP contribution in [0.3, 0.4) is 0 Å². The van der Waals surface area contributed by atoms with E-state index in [-0.39, 0.29) is 11.1 Å². The minimum absolute atomic E-state index is 0.126. The van der Waals surface area contributed by atoms with Crippen molar-refractivity contribution in [2.45, 2.75) is 51.6 Å². The maximum atomic E-state index is 11.3. The lowest BCUT2D eigenvalue weighted by atomic mass is 9.90. The van der Waals surface area contributed by atoms with Crippen molar-refractivity contribution < 1.29 is 19.7 Å². The van der Waals surface area contributed by atoms with Crippen LogP contribution in [-0.2, 0) is 0 Å². The zero-order chi connectivity index (χ0) is 27.3. The van der Waals surface area contributed by atoms with Crippen molar-refractivity contribution in [3.05, 3.63) is 88.0 Å². The predicted molar refractivity (Wildman–Crippen MR) is 132 cm³/mol. The summed E-state index contributed by atoms with van der Waals surface area (Å²) in [6, 6.07) is 6.61. The number of nitro groups is 4. The standard InChI is InChI=1S/C22H24N6O8/c1-21(2,23-13-15-5-7-17(25(29)30)11-19(15)27(33)34)9-10-22(3,4)24-14-16-6-8-18(26(31)32)12-20(16)28(35)36/h5-8,11-14H,9-10H2,1-4H3/b23-13+,24-14+. The Balaban J connectivity index is 2.17. The molecule has 14 heteroatoms. The van der Waals surface area contributed by atoms with Crippen LogP contribution in [0.4, 0.5) is 22.7 Å². The summed E-state index contributed by atoms with van der Waals surface area (Å²) < 4.78 is 0. The molecule has 0 aliphatic heterocycles. The molecule has 0 spiro atoms. The molecule has 0 aromatic heterocycles. The Morgan fingerprint density at radius 2 is 0.972 bits per heavy atom. The Morgan fingerprint density at radius 3 is 1.25 bits per heavy atom. The van der Waals surface area contributed by atoms with E-state index in [4.69, 9.17) is 0 Å². The third-order valence-electron chi connectivity index (χ3n) is 5.30. The summed E-state index contributed by atoms with van der Waals surface area (Å²) in [6.45, 7) is 7.23. The average Bonchev–Trinajstić information content (AvgIpc) is 2.80. The Labute approximate surface area is 205 Å². The molecule has 190 valence electrons. The highest BCUT2D eigenvalue weighted by molar-refractivity contribution is 5.87. The number of nitro benzene ring substituents is 4. The van der Waals surface area contributed by atoms with Crippen molar-refractivity contribution >= 4 is 35.2 Å². The number of aliphatic imine (C=N–C) groups is 2. The minimum Gasteiger partial charge on any atom is -0.286 e. The molecule has 0 saturated carbocycles. The number of hydrogen-bond donors (Lipinski definition) is 0. The summed E-state index contributed by atoms with van der Waals surface area (Å²) in [7, 11) is 0. The van der Waals surface area contributed by atoms with Gasteiger partial charge in [-0.1, -0.05) is 0 Å². The van der Waals surface area contributed by atoms with Crippen LogP contribution in [0.2, 0.25) is 0 Å². The van der Waals surface area contributed by atoms with Crippen molar-refractivity contribution in [3.8, 4) is 0 Å². The van der Waals surface area contributed by atoms with Gasteiger partial charge in [0.1, 0.15) is 0 Å². The summed E-state index contributed by atoms with van der Waals surface area (Å²) in [5.41, 5.74) is -2.76. The molecule has 2 aromatic rings. The summed E-state index contributed by atoms with van der Waals surface area (Å²) in [4.78, 5) is 50.4. The van der Waals surface area contributed by atoms with Crippen molar-refractivity contribution in [2.24, 2.45) is 9.98 Å². The maximum absolute atomic E-state index is 11.3. The summed E-state index contributed by atoms with van der Waals surface area (Å²) in [6.07, 6.45) is 3.57. The van der Waals surface area contributed by atoms with E-state index in [0.29, 0.717) is 12.8 Å². The second-order valence-electron chi connectivity index (χ2n) is 9.16. The molecule has 0 heterocycles. The van der Waals surface area contributed by atoms with E-state index in [0.717, 1.165) is 24.3 Å². The highest BCUT2D eigenvalue weighted by Crippen LogP contribution is 2.28. The molecule has 0 aliphatic carbocycles. The zero-order valence-electron chi connectivity index (χ0n) is 20.0. The molecular formula is C22H24N6O8. The first-order chi connectivity index (χ1) is 16.6. The SMILES string of the molecule is CC(C)(CCC(C)(C)/N=C/c1ccc([N+](=O)[O-])cc1[N+](=O)[O-])/N=C/c1ccc([N+](=O)[O-])cc1[N+](=O)[O-]. The van der Waals surface area contributed by atoms with Gasteiger partial charge < -0.3 is 0 Å². The van der Waals surface area contributed by atoms with Crippen molar-refractivity contribution in [1.82, 2.24) is 0 Å². The molecule has 0 aliphatic rings. The molecule has 14 nitrogen and oxygen atoms in total. The minimum atomic E-state index is -0.717. The lowest BCUT2D eigenvalue weighted by Crippen LogP contribution is -2.25. The Hall–Kier alpha value is -4.62. The molecule has 2 rings (SSSR count). The van der Waals surface area contributed by atoms with Crippen LogP contribution < -0.4 is 0 Å². The highest BCUT2D eigenvalue weighted by atomic mass is 16.6. The molecule has 0 unspecified atom stereocenters. The lowest BCUT2D eigenvalue weighted by Gasteiger charge is -2.26. The van der Waals surface area contributed by atoms with Crippen molar-refractivity contribution in [1.29, 1.82) is 0 Å². The van der Waals surface area contributed by atoms with Gasteiger partial charge in [0.15, 0.2) is 0 Å². The Morgan fingerprint density at radius 1 is 0.639 bits per heavy atom. The van der Waals surface area contributed by atoms with Crippen molar-refractivity contribution in [3.63, 3.8) is 0 Å². The number of non-ortho nitro benzene ring substituents is 2. The van der Waals surface area contributed by atoms with E-state index in [1.165, 1.54) is 24.6 Å². The van der Waals surface area contributed by atoms with Crippen LogP contribution in [0.5, 0.6) is 0 Å². The van der Waals surface area contributed by atoms with Crippen LogP contribution in [-0.4, -0.2) is 43.2 Å². The Kier molecular flexibility index (Phi) is 8.25. The van der Waals surface area contributed by atoms with E-state index in [1.807, 2.05) is 27.7 Å². The van der Waals surface area contributed by atoms with Crippen molar-refractivity contribution in [2.75, 3.05) is 0 Å². The molecule has 0 N–H and O–H groups in total. The first-order valence-corrected chi connectivity index (χ1v) is 10.6. The second kappa shape index (κ2) is 10.8. The molecule has 36 heavy (non-hydrogen) atoms. The number of nitrogens with zero attached hydrogens (tertiary/aromatic N) is 6. The molecule has 0 saturated heterocycles. The molecule has 2 aromatic carbocycles. The van der Waals surface area contributed by atoms with Gasteiger partial charge in [-0.05, 0) is 52.7 Å². The third kappa shape index (κ3) is 7.44. The number of hydrogen-bond acceptors (Lipinski definition) is 10. The molecule has 0 amide bonds. The molecule has 0 atom stereocenters. The fraction of sp³-hybridized carbons (Fsp3) is 0.364. The van der Waals surface area contributed by atoms with E-state index in [9.17, 15) is 40.5 Å². The van der Waals surface area contributed by atoms with E-state index < -0.39 is 53.5 Å². The number of rotatable bonds is 11. The van der Waals surface area contributed by atoms with Gasteiger partial charge >= 0.3 is 0 Å². The highest BCUT2D eigenvalue weighted by Gasteiger charge is 2.25. The Bertz CT molecular complexity index is 1170. The normalized spacial score (nSPS) is 12.2. The predicted octanol–water partition coefficient (Wildman–Crippen LogP) is 5.19. The van der Waals surface area contributed by atoms with Gasteiger partial charge in [0.25, 0.3) is 22.7 Å². The van der Waals surface area contributed by atoms with E-state index in [2.05, 4.69) is 9.98 Å². The van der Waals surface area contributed by atoms with Gasteiger partial charge in [0.2, 0.25) is 0 Å². The van der Waals surface area contributed by atoms with Gasteiger partial charge in [-0.15, -0.1) is 0 Å². The molecular weight excluding hydrogens is 476 g/mol. The molecule has 0 radical (unpaired) electrons. The van der Waals surface area contributed by atoms with Crippen LogP contribution >= 0.6 is 0 Å². The quantitative estimate of drug-likeness (QED) is 0.228. The fourth-order valence-corrected chi connectivity index (χ4v) is 3.06.